The Labute approximate surface area is 371 Å². The third-order valence-corrected chi connectivity index (χ3v) is 11.5. The van der Waals surface area contributed by atoms with E-state index in [0.717, 1.165) is 31.5 Å². The smallest absolute Gasteiger partial charge is 0.0292 e. The van der Waals surface area contributed by atoms with Crippen LogP contribution in [0.1, 0.15) is 173 Å². The van der Waals surface area contributed by atoms with E-state index in [2.05, 4.69) is 163 Å². The van der Waals surface area contributed by atoms with Crippen molar-refractivity contribution in [3.8, 4) is 0 Å². The lowest BCUT2D eigenvalue weighted by Gasteiger charge is -2.20. The third-order valence-electron chi connectivity index (χ3n) is 11.5. The van der Waals surface area contributed by atoms with Crippen LogP contribution in [0.5, 0.6) is 0 Å². The first kappa shape index (κ1) is 56.7. The predicted octanol–water partition coefficient (Wildman–Crippen LogP) is 13.4. The summed E-state index contributed by atoms with van der Waals surface area (Å²) >= 11 is 0. The topological polar surface area (TPSA) is 88.1 Å². The summed E-state index contributed by atoms with van der Waals surface area (Å²) in [4.78, 5) is 0. The second-order valence-corrected chi connectivity index (χ2v) is 16.3. The van der Waals surface area contributed by atoms with Crippen molar-refractivity contribution in [3.05, 3.63) is 144 Å². The van der Waals surface area contributed by atoms with Gasteiger partial charge in [-0.05, 0) is 143 Å². The Kier molecular flexibility index (Phi) is 37.6. The average Bonchev–Trinajstić information content (AvgIpc) is 3.88. The fraction of sp³-hybridized carbons (Fsp3) is 0.564. The number of rotatable bonds is 12. The van der Waals surface area contributed by atoms with Crippen LogP contribution in [0.15, 0.2) is 121 Å². The van der Waals surface area contributed by atoms with Gasteiger partial charge in [0, 0.05) is 12.1 Å². The fourth-order valence-electron chi connectivity index (χ4n) is 6.52. The predicted molar refractivity (Wildman–Crippen MR) is 269 cm³/mol. The Bertz CT molecular complexity index is 1220. The SMILES string of the molecule is CC(CN)c1ccccc1.CCC(C)c1ccccc1.CCC(C)c1ccccc1.CCC(N)c1ccccc1.CCCNC.CC[C@@H]1CCCN1.CC[C@H]1CCCNC1. The lowest BCUT2D eigenvalue weighted by atomic mass is 9.97. The minimum Gasteiger partial charge on any atom is -0.330 e. The van der Waals surface area contributed by atoms with E-state index in [4.69, 9.17) is 11.5 Å². The molecule has 0 spiro atoms. The molecular formula is C55H93N5. The molecule has 6 atom stereocenters. The van der Waals surface area contributed by atoms with Crippen molar-refractivity contribution in [2.24, 2.45) is 17.4 Å². The zero-order valence-electron chi connectivity index (χ0n) is 40.3. The minimum absolute atomic E-state index is 0.209. The highest BCUT2D eigenvalue weighted by Gasteiger charge is 2.10. The first-order valence-electron chi connectivity index (χ1n) is 23.9. The zero-order valence-corrected chi connectivity index (χ0v) is 40.3. The van der Waals surface area contributed by atoms with Crippen molar-refractivity contribution >= 4 is 0 Å². The molecule has 2 saturated heterocycles. The molecule has 0 aliphatic carbocycles. The van der Waals surface area contributed by atoms with Gasteiger partial charge < -0.3 is 27.4 Å². The summed E-state index contributed by atoms with van der Waals surface area (Å²) in [5.74, 6) is 2.88. The van der Waals surface area contributed by atoms with Crippen molar-refractivity contribution < 1.29 is 0 Å². The van der Waals surface area contributed by atoms with Crippen LogP contribution >= 0.6 is 0 Å². The Morgan fingerprint density at radius 3 is 1.25 bits per heavy atom. The normalized spacial score (nSPS) is 17.1. The van der Waals surface area contributed by atoms with E-state index >= 15 is 0 Å². The number of piperidine rings is 1. The Hall–Kier alpha value is -3.32. The van der Waals surface area contributed by atoms with Crippen LogP contribution in [0.4, 0.5) is 0 Å². The second-order valence-electron chi connectivity index (χ2n) is 16.3. The molecule has 0 bridgehead atoms. The Balaban J connectivity index is 0.000000684. The van der Waals surface area contributed by atoms with Crippen LogP contribution in [-0.4, -0.2) is 45.8 Å². The molecule has 2 aliphatic rings. The van der Waals surface area contributed by atoms with Crippen molar-refractivity contribution in [3.63, 3.8) is 0 Å². The molecule has 6 rings (SSSR count). The standard InChI is InChI=1S/2C10H14.2C9H13N.C7H15N.C6H13N.C4H11N/c2*1-3-9(2)10-7-5-4-6-8-10;1-8(7-10)9-5-3-2-4-6-9;1-2-9(10)8-6-4-3-5-7-8;1-2-7-4-3-5-8-6-7;1-2-6-4-3-5-7-6;1-3-4-5-2/h2*4-9H,3H2,1-2H3;2-6,8H,7,10H2,1H3;3-7,9H,2,10H2,1H3;7-8H,2-6H2,1H3;6-7H,2-5H2,1H3;5H,3-4H2,1-2H3/t;;;;7-;6-;/m....01./s1. The molecule has 4 unspecified atom stereocenters. The van der Waals surface area contributed by atoms with E-state index in [-0.39, 0.29) is 6.04 Å². The van der Waals surface area contributed by atoms with Gasteiger partial charge in [0.1, 0.15) is 0 Å². The van der Waals surface area contributed by atoms with Gasteiger partial charge in [0.05, 0.1) is 0 Å². The maximum Gasteiger partial charge on any atom is 0.0292 e. The number of hydrogen-bond acceptors (Lipinski definition) is 5. The Morgan fingerprint density at radius 1 is 0.567 bits per heavy atom. The molecule has 0 aromatic heterocycles. The molecule has 4 aromatic carbocycles. The molecule has 0 radical (unpaired) electrons. The van der Waals surface area contributed by atoms with E-state index in [0.29, 0.717) is 17.8 Å². The quantitative estimate of drug-likeness (QED) is 0.0982. The molecule has 338 valence electrons. The van der Waals surface area contributed by atoms with Gasteiger partial charge in [0.15, 0.2) is 0 Å². The molecular weight excluding hydrogens is 731 g/mol. The van der Waals surface area contributed by atoms with Crippen molar-refractivity contribution in [2.45, 2.75) is 156 Å². The molecule has 0 amide bonds. The van der Waals surface area contributed by atoms with E-state index in [1.807, 2.05) is 43.4 Å². The van der Waals surface area contributed by atoms with Gasteiger partial charge in [-0.1, -0.05) is 190 Å². The minimum atomic E-state index is 0.209. The summed E-state index contributed by atoms with van der Waals surface area (Å²) in [5.41, 5.74) is 16.7. The highest BCUT2D eigenvalue weighted by Crippen LogP contribution is 2.18. The lowest BCUT2D eigenvalue weighted by Crippen LogP contribution is -2.29. The summed E-state index contributed by atoms with van der Waals surface area (Å²) in [5, 5.41) is 9.81. The van der Waals surface area contributed by atoms with Crippen LogP contribution in [0, 0.1) is 5.92 Å². The van der Waals surface area contributed by atoms with E-state index in [9.17, 15) is 0 Å². The van der Waals surface area contributed by atoms with E-state index < -0.39 is 0 Å². The van der Waals surface area contributed by atoms with Crippen molar-refractivity contribution in [2.75, 3.05) is 39.8 Å². The largest absolute Gasteiger partial charge is 0.330 e. The molecule has 2 heterocycles. The third kappa shape index (κ3) is 29.0. The van der Waals surface area contributed by atoms with E-state index in [1.165, 1.54) is 99.7 Å². The summed E-state index contributed by atoms with van der Waals surface area (Å²) in [6.45, 7) is 25.5. The first-order valence-corrected chi connectivity index (χ1v) is 23.9. The maximum absolute atomic E-state index is 5.79. The number of nitrogens with one attached hydrogen (secondary N) is 3. The van der Waals surface area contributed by atoms with Crippen LogP contribution in [0.25, 0.3) is 0 Å². The molecule has 5 nitrogen and oxygen atoms in total. The summed E-state index contributed by atoms with van der Waals surface area (Å²) in [6, 6.07) is 42.8. The summed E-state index contributed by atoms with van der Waals surface area (Å²) < 4.78 is 0. The van der Waals surface area contributed by atoms with Crippen LogP contribution < -0.4 is 27.4 Å². The van der Waals surface area contributed by atoms with Crippen LogP contribution in [0.3, 0.4) is 0 Å². The van der Waals surface area contributed by atoms with Crippen molar-refractivity contribution in [1.29, 1.82) is 0 Å². The van der Waals surface area contributed by atoms with E-state index in [1.54, 1.807) is 0 Å². The highest BCUT2D eigenvalue weighted by atomic mass is 14.9. The van der Waals surface area contributed by atoms with Gasteiger partial charge in [-0.15, -0.1) is 0 Å². The molecule has 5 heteroatoms. The van der Waals surface area contributed by atoms with Gasteiger partial charge >= 0.3 is 0 Å². The zero-order chi connectivity index (χ0) is 44.6. The van der Waals surface area contributed by atoms with Gasteiger partial charge in [0.25, 0.3) is 0 Å². The van der Waals surface area contributed by atoms with Crippen LogP contribution in [-0.2, 0) is 0 Å². The maximum atomic E-state index is 5.79. The molecule has 4 aromatic rings. The molecule has 7 N–H and O–H groups in total. The van der Waals surface area contributed by atoms with Gasteiger partial charge in [0.2, 0.25) is 0 Å². The highest BCUT2D eigenvalue weighted by molar-refractivity contribution is 5.20. The molecule has 0 saturated carbocycles. The number of benzene rings is 4. The van der Waals surface area contributed by atoms with Gasteiger partial charge in [-0.2, -0.15) is 0 Å². The van der Waals surface area contributed by atoms with Crippen LogP contribution in [0.2, 0.25) is 0 Å². The number of nitrogens with two attached hydrogens (primary N) is 2. The Morgan fingerprint density at radius 2 is 1.00 bits per heavy atom. The number of hydrogen-bond donors (Lipinski definition) is 5. The molecule has 2 aliphatic heterocycles. The average molecular weight is 824 g/mol. The second kappa shape index (κ2) is 39.8. The first-order chi connectivity index (χ1) is 29.1. The van der Waals surface area contributed by atoms with Gasteiger partial charge in [-0.3, -0.25) is 0 Å². The monoisotopic (exact) mass is 824 g/mol. The fourth-order valence-corrected chi connectivity index (χ4v) is 6.52. The molecule has 60 heavy (non-hydrogen) atoms. The molecule has 2 fully saturated rings. The van der Waals surface area contributed by atoms with Gasteiger partial charge in [-0.25, -0.2) is 0 Å². The lowest BCUT2D eigenvalue weighted by molar-refractivity contribution is 0.369. The van der Waals surface area contributed by atoms with Crippen molar-refractivity contribution in [1.82, 2.24) is 16.0 Å². The summed E-state index contributed by atoms with van der Waals surface area (Å²) in [7, 11) is 1.96. The summed E-state index contributed by atoms with van der Waals surface area (Å²) in [6.07, 6.45) is 13.0.